The van der Waals surface area contributed by atoms with E-state index in [-0.39, 0.29) is 5.41 Å². The maximum absolute atomic E-state index is 2.49. The molecule has 0 fully saturated rings. The van der Waals surface area contributed by atoms with Crippen LogP contribution in [-0.4, -0.2) is 0 Å². The van der Waals surface area contributed by atoms with Crippen LogP contribution < -0.4 is 0 Å². The van der Waals surface area contributed by atoms with Gasteiger partial charge >= 0.3 is 0 Å². The lowest BCUT2D eigenvalue weighted by Crippen LogP contribution is -2.29. The molecule has 0 aliphatic heterocycles. The standard InChI is InChI=1S/C82H58/c1-81(2)75-41-17-15-39-73(75)79-77(81)43-44-78-80(79)74-40-16-18-42-76(74)82(78,71-37-21-35-63(53-71)59-31-19-33-61(45-59)69-49-65(55-23-7-3-8-24-55)47-66(50-69)56-25-9-4-10-26-56)72-38-22-36-64(54-72)60-32-20-34-62(46-60)70-51-67(57-27-11-5-12-28-57)48-68(52-70)58-29-13-6-14-30-58/h3-54H,1-2H3. The highest BCUT2D eigenvalue weighted by atomic mass is 14.5. The molecule has 13 aromatic carbocycles. The third-order valence-electron chi connectivity index (χ3n) is 17.7. The molecule has 2 aliphatic rings. The summed E-state index contributed by atoms with van der Waals surface area (Å²) in [6.45, 7) is 4.79. The molecule has 13 aromatic rings. The van der Waals surface area contributed by atoms with Crippen LogP contribution >= 0.6 is 0 Å². The van der Waals surface area contributed by atoms with Gasteiger partial charge in [-0.2, -0.15) is 0 Å². The molecule has 0 radical (unpaired) electrons. The molecule has 0 bridgehead atoms. The second kappa shape index (κ2) is 19.9. The van der Waals surface area contributed by atoms with Crippen molar-refractivity contribution < 1.29 is 0 Å². The van der Waals surface area contributed by atoms with Crippen molar-refractivity contribution in [2.45, 2.75) is 24.7 Å². The molecule has 386 valence electrons. The van der Waals surface area contributed by atoms with E-state index >= 15 is 0 Å². The number of rotatable bonds is 10. The van der Waals surface area contributed by atoms with Crippen LogP contribution in [0.25, 0.3) is 111 Å². The van der Waals surface area contributed by atoms with E-state index in [2.05, 4.69) is 329 Å². The summed E-state index contributed by atoms with van der Waals surface area (Å²) in [5.74, 6) is 0. The van der Waals surface area contributed by atoms with Gasteiger partial charge in [0.2, 0.25) is 0 Å². The first kappa shape index (κ1) is 48.9. The molecule has 15 rings (SSSR count). The van der Waals surface area contributed by atoms with E-state index in [9.17, 15) is 0 Å². The van der Waals surface area contributed by atoms with E-state index in [0.717, 1.165) is 0 Å². The van der Waals surface area contributed by atoms with Gasteiger partial charge in [-0.3, -0.25) is 0 Å². The first-order chi connectivity index (χ1) is 40.4. The van der Waals surface area contributed by atoms with Crippen LogP contribution in [0.1, 0.15) is 47.2 Å². The minimum absolute atomic E-state index is 0.151. The molecule has 0 atom stereocenters. The van der Waals surface area contributed by atoms with Crippen molar-refractivity contribution in [2.24, 2.45) is 0 Å². The van der Waals surface area contributed by atoms with Crippen molar-refractivity contribution in [3.05, 3.63) is 349 Å². The largest absolute Gasteiger partial charge is 0.0714 e. The molecule has 0 spiro atoms. The number of fused-ring (bicyclic) bond motifs is 7. The Kier molecular flexibility index (Phi) is 11.9. The lowest BCUT2D eigenvalue weighted by Gasteiger charge is -2.35. The van der Waals surface area contributed by atoms with Crippen molar-refractivity contribution in [1.82, 2.24) is 0 Å². The topological polar surface area (TPSA) is 0 Å². The van der Waals surface area contributed by atoms with E-state index in [4.69, 9.17) is 0 Å². The predicted molar refractivity (Wildman–Crippen MR) is 345 cm³/mol. The van der Waals surface area contributed by atoms with E-state index in [0.29, 0.717) is 0 Å². The zero-order chi connectivity index (χ0) is 54.8. The van der Waals surface area contributed by atoms with Gasteiger partial charge < -0.3 is 0 Å². The molecule has 0 heterocycles. The van der Waals surface area contributed by atoms with Crippen molar-refractivity contribution in [3.63, 3.8) is 0 Å². The second-order valence-corrected chi connectivity index (χ2v) is 22.8. The van der Waals surface area contributed by atoms with Gasteiger partial charge in [0.05, 0.1) is 5.41 Å². The molecule has 2 aliphatic carbocycles. The molecular formula is C82H58. The second-order valence-electron chi connectivity index (χ2n) is 22.8. The SMILES string of the molecule is CC1(C)c2ccccc2-c2c1ccc1c2-c2ccccc2C1(c1cccc(-c2cccc(-c3cc(-c4ccccc4)cc(-c4ccccc4)c3)c2)c1)c1cccc(-c2cccc(-c3cc(-c4ccccc4)cc(-c4ccccc4)c3)c2)c1. The Hall–Kier alpha value is -10.1. The van der Waals surface area contributed by atoms with Gasteiger partial charge in [-0.15, -0.1) is 0 Å². The quantitative estimate of drug-likeness (QED) is 0.128. The molecule has 0 N–H and O–H groups in total. The van der Waals surface area contributed by atoms with Crippen LogP contribution in [0, 0.1) is 0 Å². The summed E-state index contributed by atoms with van der Waals surface area (Å²) in [4.78, 5) is 0. The Balaban J connectivity index is 0.911. The Labute approximate surface area is 482 Å². The monoisotopic (exact) mass is 1040 g/mol. The van der Waals surface area contributed by atoms with Crippen LogP contribution in [0.5, 0.6) is 0 Å². The average Bonchev–Trinajstić information content (AvgIpc) is 3.65. The Morgan fingerprint density at radius 1 is 0.183 bits per heavy atom. The molecule has 0 nitrogen and oxygen atoms in total. The third-order valence-corrected chi connectivity index (χ3v) is 17.7. The van der Waals surface area contributed by atoms with Gasteiger partial charge in [-0.05, 0) is 205 Å². The number of hydrogen-bond acceptors (Lipinski definition) is 0. The number of benzene rings is 13. The maximum atomic E-state index is 2.49. The fourth-order valence-electron chi connectivity index (χ4n) is 13.7. The van der Waals surface area contributed by atoms with E-state index in [1.165, 1.54) is 145 Å². The summed E-state index contributed by atoms with van der Waals surface area (Å²) >= 11 is 0. The highest BCUT2D eigenvalue weighted by molar-refractivity contribution is 6.01. The molecular weight excluding hydrogens is 985 g/mol. The van der Waals surface area contributed by atoms with Crippen LogP contribution in [-0.2, 0) is 10.8 Å². The summed E-state index contributed by atoms with van der Waals surface area (Å²) in [5.41, 5.74) is 31.4. The first-order valence-electron chi connectivity index (χ1n) is 28.7. The van der Waals surface area contributed by atoms with Gasteiger partial charge in [0, 0.05) is 5.41 Å². The van der Waals surface area contributed by atoms with Crippen LogP contribution in [0.4, 0.5) is 0 Å². The van der Waals surface area contributed by atoms with Gasteiger partial charge in [-0.1, -0.05) is 269 Å². The zero-order valence-electron chi connectivity index (χ0n) is 46.0. The third kappa shape index (κ3) is 8.21. The summed E-state index contributed by atoms with van der Waals surface area (Å²) in [6, 6.07) is 118. The van der Waals surface area contributed by atoms with Crippen LogP contribution in [0.15, 0.2) is 315 Å². The molecule has 0 unspecified atom stereocenters. The highest BCUT2D eigenvalue weighted by Crippen LogP contribution is 2.63. The van der Waals surface area contributed by atoms with E-state index in [1.807, 2.05) is 0 Å². The summed E-state index contributed by atoms with van der Waals surface area (Å²) < 4.78 is 0. The van der Waals surface area contributed by atoms with Crippen LogP contribution in [0.2, 0.25) is 0 Å². The molecule has 0 saturated carbocycles. The van der Waals surface area contributed by atoms with Crippen LogP contribution in [0.3, 0.4) is 0 Å². The molecule has 0 aromatic heterocycles. The minimum atomic E-state index is -0.674. The molecule has 0 saturated heterocycles. The minimum Gasteiger partial charge on any atom is -0.0622 e. The maximum Gasteiger partial charge on any atom is 0.0714 e. The summed E-state index contributed by atoms with van der Waals surface area (Å²) in [7, 11) is 0. The van der Waals surface area contributed by atoms with Crippen molar-refractivity contribution in [1.29, 1.82) is 0 Å². The first-order valence-corrected chi connectivity index (χ1v) is 28.7. The van der Waals surface area contributed by atoms with Gasteiger partial charge in [0.25, 0.3) is 0 Å². The molecule has 0 heteroatoms. The van der Waals surface area contributed by atoms with Crippen molar-refractivity contribution in [2.75, 3.05) is 0 Å². The van der Waals surface area contributed by atoms with E-state index < -0.39 is 5.41 Å². The fourth-order valence-corrected chi connectivity index (χ4v) is 13.7. The predicted octanol–water partition coefficient (Wildman–Crippen LogP) is 21.7. The number of hydrogen-bond donors (Lipinski definition) is 0. The van der Waals surface area contributed by atoms with Gasteiger partial charge in [0.15, 0.2) is 0 Å². The van der Waals surface area contributed by atoms with E-state index in [1.54, 1.807) is 0 Å². The Bertz CT molecular complexity index is 4230. The Morgan fingerprint density at radius 2 is 0.451 bits per heavy atom. The smallest absolute Gasteiger partial charge is 0.0622 e. The summed E-state index contributed by atoms with van der Waals surface area (Å²) in [5, 5.41) is 0. The molecule has 82 heavy (non-hydrogen) atoms. The summed E-state index contributed by atoms with van der Waals surface area (Å²) in [6.07, 6.45) is 0. The zero-order valence-corrected chi connectivity index (χ0v) is 46.0. The molecule has 0 amide bonds. The highest BCUT2D eigenvalue weighted by Gasteiger charge is 2.49. The lowest BCUT2D eigenvalue weighted by molar-refractivity contribution is 0.659. The average molecular weight is 1040 g/mol. The normalized spacial score (nSPS) is 13.2. The lowest BCUT2D eigenvalue weighted by atomic mass is 9.66. The Morgan fingerprint density at radius 3 is 0.866 bits per heavy atom. The van der Waals surface area contributed by atoms with Crippen molar-refractivity contribution >= 4 is 0 Å². The van der Waals surface area contributed by atoms with Gasteiger partial charge in [0.1, 0.15) is 0 Å². The van der Waals surface area contributed by atoms with Crippen molar-refractivity contribution in [3.8, 4) is 111 Å². The fraction of sp³-hybridized carbons (Fsp3) is 0.0488. The van der Waals surface area contributed by atoms with Gasteiger partial charge in [-0.25, -0.2) is 0 Å².